The van der Waals surface area contributed by atoms with Crippen molar-refractivity contribution in [2.24, 2.45) is 0 Å². The van der Waals surface area contributed by atoms with Gasteiger partial charge in [0.25, 0.3) is 0 Å². The van der Waals surface area contributed by atoms with Gasteiger partial charge in [0.05, 0.1) is 11.0 Å². The van der Waals surface area contributed by atoms with E-state index in [9.17, 15) is 0 Å². The van der Waals surface area contributed by atoms with Crippen molar-refractivity contribution in [3.63, 3.8) is 0 Å². The number of fused-ring (bicyclic) bond motifs is 2. The number of para-hydroxylation sites is 2. The van der Waals surface area contributed by atoms with Crippen LogP contribution in [0.15, 0.2) is 72.8 Å². The summed E-state index contributed by atoms with van der Waals surface area (Å²) in [6.45, 7) is 0. The van der Waals surface area contributed by atoms with Crippen LogP contribution in [0.3, 0.4) is 0 Å². The molecule has 0 saturated carbocycles. The lowest BCUT2D eigenvalue weighted by molar-refractivity contribution is 1.23. The van der Waals surface area contributed by atoms with E-state index in [1.807, 2.05) is 72.8 Å². The zero-order valence-corrected chi connectivity index (χ0v) is 11.8. The van der Waals surface area contributed by atoms with E-state index in [1.165, 1.54) is 4.81 Å². The van der Waals surface area contributed by atoms with E-state index in [4.69, 9.17) is 7.98 Å². The van der Waals surface area contributed by atoms with Gasteiger partial charge in [0.1, 0.15) is 11.6 Å². The first kappa shape index (κ1) is 12.8. The molecule has 3 nitrogen and oxygen atoms in total. The Bertz CT molecular complexity index is 889. The molecule has 22 heavy (non-hydrogen) atoms. The maximum absolute atomic E-state index is 6.21. The van der Waals surface area contributed by atoms with Crippen molar-refractivity contribution in [1.29, 1.82) is 0 Å². The van der Waals surface area contributed by atoms with Crippen molar-refractivity contribution in [3.8, 4) is 0 Å². The zero-order chi connectivity index (χ0) is 14.9. The molecule has 0 aliphatic heterocycles. The van der Waals surface area contributed by atoms with Crippen molar-refractivity contribution >= 4 is 41.4 Å². The second kappa shape index (κ2) is 5.15. The molecule has 0 unspecified atom stereocenters. The predicted molar refractivity (Wildman–Crippen MR) is 91.4 cm³/mol. The molecule has 0 spiro atoms. The van der Waals surface area contributed by atoms with Gasteiger partial charge in [0, 0.05) is 10.8 Å². The maximum Gasteiger partial charge on any atom is 0.238 e. The van der Waals surface area contributed by atoms with Gasteiger partial charge in [-0.15, -0.1) is 0 Å². The molecule has 2 aromatic heterocycles. The molecule has 4 rings (SSSR count). The Morgan fingerprint density at radius 3 is 1.55 bits per heavy atom. The average Bonchev–Trinajstić information content (AvgIpc) is 2.60. The molecule has 0 saturated heterocycles. The standard InChI is InChI=1S/C18H12BN3/c19-22(17-11-9-13-5-1-3-7-15(13)20-17)18-12-10-14-6-2-4-8-16(14)21-18/h1-12H. The Morgan fingerprint density at radius 1 is 0.591 bits per heavy atom. The summed E-state index contributed by atoms with van der Waals surface area (Å²) in [6, 6.07) is 23.8. The molecule has 2 aromatic carbocycles. The summed E-state index contributed by atoms with van der Waals surface area (Å²) in [7, 11) is 6.21. The highest BCUT2D eigenvalue weighted by Gasteiger charge is 2.08. The quantitative estimate of drug-likeness (QED) is 0.520. The molecule has 4 heteroatoms. The topological polar surface area (TPSA) is 29.0 Å². The normalized spacial score (nSPS) is 10.9. The number of nitrogens with zero attached hydrogens (tertiary/aromatic N) is 3. The molecule has 0 fully saturated rings. The fraction of sp³-hybridized carbons (Fsp3) is 0. The fourth-order valence-electron chi connectivity index (χ4n) is 2.50. The molecular formula is C18H12BN3. The third-order valence-electron chi connectivity index (χ3n) is 3.66. The van der Waals surface area contributed by atoms with E-state index in [1.54, 1.807) is 0 Å². The molecule has 2 radical (unpaired) electrons. The SMILES string of the molecule is [B]N(c1ccc2ccccc2n1)c1ccc2ccccc2n1. The van der Waals surface area contributed by atoms with Crippen LogP contribution in [0, 0.1) is 0 Å². The molecule has 0 atom stereocenters. The molecular weight excluding hydrogens is 269 g/mol. The number of hydrogen-bond acceptors (Lipinski definition) is 3. The summed E-state index contributed by atoms with van der Waals surface area (Å²) in [5, 5.41) is 2.18. The summed E-state index contributed by atoms with van der Waals surface area (Å²) in [6.07, 6.45) is 0. The zero-order valence-electron chi connectivity index (χ0n) is 11.8. The molecule has 102 valence electrons. The summed E-state index contributed by atoms with van der Waals surface area (Å²) < 4.78 is 0. The first-order valence-electron chi connectivity index (χ1n) is 7.08. The number of hydrogen-bond donors (Lipinski definition) is 0. The largest absolute Gasteiger partial charge is 0.368 e. The van der Waals surface area contributed by atoms with Crippen molar-refractivity contribution in [1.82, 2.24) is 9.97 Å². The summed E-state index contributed by atoms with van der Waals surface area (Å²) in [4.78, 5) is 10.7. The number of aromatic nitrogens is 2. The maximum atomic E-state index is 6.21. The molecule has 4 aromatic rings. The highest BCUT2D eigenvalue weighted by Crippen LogP contribution is 2.24. The predicted octanol–water partition coefficient (Wildman–Crippen LogP) is 4.00. The van der Waals surface area contributed by atoms with Crippen molar-refractivity contribution in [2.75, 3.05) is 4.81 Å². The summed E-state index contributed by atoms with van der Waals surface area (Å²) >= 11 is 0. The van der Waals surface area contributed by atoms with Crippen LogP contribution in [0.2, 0.25) is 0 Å². The van der Waals surface area contributed by atoms with E-state index < -0.39 is 0 Å². The van der Waals surface area contributed by atoms with Gasteiger partial charge in [0.2, 0.25) is 7.98 Å². The Hall–Kier alpha value is -2.88. The van der Waals surface area contributed by atoms with Crippen LogP contribution in [-0.2, 0) is 0 Å². The van der Waals surface area contributed by atoms with E-state index in [0.717, 1.165) is 21.8 Å². The monoisotopic (exact) mass is 281 g/mol. The van der Waals surface area contributed by atoms with Crippen LogP contribution in [-0.4, -0.2) is 17.9 Å². The van der Waals surface area contributed by atoms with Gasteiger partial charge in [-0.05, 0) is 36.4 Å². The number of benzene rings is 2. The van der Waals surface area contributed by atoms with Crippen LogP contribution in [0.1, 0.15) is 0 Å². The van der Waals surface area contributed by atoms with Crippen molar-refractivity contribution in [3.05, 3.63) is 72.8 Å². The lowest BCUT2D eigenvalue weighted by Gasteiger charge is -2.18. The lowest BCUT2D eigenvalue weighted by Crippen LogP contribution is -2.14. The molecule has 0 amide bonds. The first-order valence-corrected chi connectivity index (χ1v) is 7.08. The molecule has 0 aliphatic rings. The highest BCUT2D eigenvalue weighted by atomic mass is 15.2. The number of rotatable bonds is 2. The van der Waals surface area contributed by atoms with Gasteiger partial charge in [0.15, 0.2) is 0 Å². The molecule has 0 aliphatic carbocycles. The Balaban J connectivity index is 1.78. The van der Waals surface area contributed by atoms with Crippen LogP contribution in [0.4, 0.5) is 11.6 Å². The van der Waals surface area contributed by atoms with E-state index in [-0.39, 0.29) is 0 Å². The second-order valence-electron chi connectivity index (χ2n) is 5.09. The minimum Gasteiger partial charge on any atom is -0.368 e. The number of anilines is 2. The van der Waals surface area contributed by atoms with Gasteiger partial charge < -0.3 is 4.81 Å². The Kier molecular flexibility index (Phi) is 3.00. The fourth-order valence-corrected chi connectivity index (χ4v) is 2.50. The van der Waals surface area contributed by atoms with Gasteiger partial charge >= 0.3 is 0 Å². The number of pyridine rings is 2. The van der Waals surface area contributed by atoms with Crippen molar-refractivity contribution < 1.29 is 0 Å². The lowest BCUT2D eigenvalue weighted by atomic mass is 10.2. The molecule has 0 bridgehead atoms. The van der Waals surface area contributed by atoms with Gasteiger partial charge in [-0.1, -0.05) is 36.4 Å². The molecule has 0 N–H and O–H groups in total. The van der Waals surface area contributed by atoms with Gasteiger partial charge in [-0.3, -0.25) is 0 Å². The summed E-state index contributed by atoms with van der Waals surface area (Å²) in [5.41, 5.74) is 1.83. The van der Waals surface area contributed by atoms with E-state index >= 15 is 0 Å². The highest BCUT2D eigenvalue weighted by molar-refractivity contribution is 6.21. The average molecular weight is 281 g/mol. The van der Waals surface area contributed by atoms with Gasteiger partial charge in [-0.25, -0.2) is 9.97 Å². The third-order valence-corrected chi connectivity index (χ3v) is 3.66. The van der Waals surface area contributed by atoms with Crippen LogP contribution >= 0.6 is 0 Å². The van der Waals surface area contributed by atoms with Crippen LogP contribution in [0.5, 0.6) is 0 Å². The molecule has 2 heterocycles. The summed E-state index contributed by atoms with van der Waals surface area (Å²) in [5.74, 6) is 1.34. The Labute approximate surface area is 129 Å². The first-order chi connectivity index (χ1) is 10.8. The minimum atomic E-state index is 0.668. The smallest absolute Gasteiger partial charge is 0.238 e. The third kappa shape index (κ3) is 2.19. The van der Waals surface area contributed by atoms with E-state index in [2.05, 4.69) is 9.97 Å². The second-order valence-corrected chi connectivity index (χ2v) is 5.09. The van der Waals surface area contributed by atoms with Crippen LogP contribution < -0.4 is 4.81 Å². The van der Waals surface area contributed by atoms with E-state index in [0.29, 0.717) is 11.6 Å². The Morgan fingerprint density at radius 2 is 1.05 bits per heavy atom. The minimum absolute atomic E-state index is 0.668. The van der Waals surface area contributed by atoms with Gasteiger partial charge in [-0.2, -0.15) is 0 Å². The van der Waals surface area contributed by atoms with Crippen molar-refractivity contribution in [2.45, 2.75) is 0 Å². The van der Waals surface area contributed by atoms with Crippen LogP contribution in [0.25, 0.3) is 21.8 Å².